The van der Waals surface area contributed by atoms with Crippen LogP contribution in [0.3, 0.4) is 0 Å². The maximum Gasteiger partial charge on any atom is 0.256 e. The van der Waals surface area contributed by atoms with E-state index in [1.165, 1.54) is 5.56 Å². The molecule has 0 aliphatic heterocycles. The quantitative estimate of drug-likeness (QED) is 0.504. The van der Waals surface area contributed by atoms with Crippen molar-refractivity contribution >= 4 is 22.6 Å². The number of nitrogens with one attached hydrogen (secondary N) is 1. The van der Waals surface area contributed by atoms with E-state index in [0.29, 0.717) is 28.1 Å². The summed E-state index contributed by atoms with van der Waals surface area (Å²) in [6.45, 7) is 10.1. The molecule has 4 aromatic rings. The van der Waals surface area contributed by atoms with Gasteiger partial charge < -0.3 is 9.73 Å². The number of aromatic nitrogens is 3. The molecule has 3 heterocycles. The lowest BCUT2D eigenvalue weighted by Gasteiger charge is -2.14. The van der Waals surface area contributed by atoms with Crippen LogP contribution in [0.25, 0.3) is 22.5 Å². The molecule has 4 rings (SSSR count). The largest absolute Gasteiger partial charge is 0.463 e. The number of benzene rings is 1. The lowest BCUT2D eigenvalue weighted by Crippen LogP contribution is -2.15. The topological polar surface area (TPSA) is 73.0 Å². The van der Waals surface area contributed by atoms with E-state index < -0.39 is 0 Å². The van der Waals surface area contributed by atoms with Crippen LogP contribution in [0.15, 0.2) is 47.2 Å². The molecule has 29 heavy (non-hydrogen) atoms. The first-order valence-electron chi connectivity index (χ1n) is 9.66. The molecule has 0 saturated carbocycles. The number of fused-ring (bicyclic) bond motifs is 1. The zero-order valence-corrected chi connectivity index (χ0v) is 17.3. The summed E-state index contributed by atoms with van der Waals surface area (Å²) in [6.07, 6.45) is 3.30. The normalized spacial score (nSPS) is 11.4. The number of rotatable bonds is 4. The molecule has 3 aromatic heterocycles. The molecule has 1 amide bonds. The van der Waals surface area contributed by atoms with Crippen LogP contribution in [-0.2, 0) is 0 Å². The summed E-state index contributed by atoms with van der Waals surface area (Å²) in [5.74, 6) is 0.420. The van der Waals surface area contributed by atoms with Crippen LogP contribution >= 0.6 is 0 Å². The first-order valence-corrected chi connectivity index (χ1v) is 9.66. The zero-order chi connectivity index (χ0) is 20.7. The minimum absolute atomic E-state index is 0.115. The molecule has 6 nitrogen and oxygen atoms in total. The lowest BCUT2D eigenvalue weighted by atomic mass is 10.0. The Morgan fingerprint density at radius 3 is 2.48 bits per heavy atom. The Bertz CT molecular complexity index is 1180. The fraction of sp³-hybridized carbons (Fsp3) is 0.261. The van der Waals surface area contributed by atoms with Gasteiger partial charge in [-0.2, -0.15) is 5.10 Å². The Hall–Kier alpha value is -3.41. The average molecular weight is 388 g/mol. The number of hydrogen-bond donors (Lipinski definition) is 1. The van der Waals surface area contributed by atoms with Crippen molar-refractivity contribution in [2.75, 3.05) is 5.32 Å². The minimum atomic E-state index is -0.191. The van der Waals surface area contributed by atoms with Gasteiger partial charge in [-0.05, 0) is 63.9 Å². The summed E-state index contributed by atoms with van der Waals surface area (Å²) in [7, 11) is 0. The molecule has 0 unspecified atom stereocenters. The van der Waals surface area contributed by atoms with E-state index in [4.69, 9.17) is 9.40 Å². The van der Waals surface area contributed by atoms with Crippen molar-refractivity contribution in [2.45, 2.75) is 40.7 Å². The fourth-order valence-electron chi connectivity index (χ4n) is 3.69. The van der Waals surface area contributed by atoms with Gasteiger partial charge in [0.05, 0.1) is 23.4 Å². The van der Waals surface area contributed by atoms with Gasteiger partial charge in [-0.25, -0.2) is 9.67 Å². The van der Waals surface area contributed by atoms with E-state index in [0.717, 1.165) is 16.8 Å². The Morgan fingerprint density at radius 2 is 1.86 bits per heavy atom. The van der Waals surface area contributed by atoms with E-state index in [-0.39, 0.29) is 11.9 Å². The third-order valence-corrected chi connectivity index (χ3v) is 4.99. The molecule has 0 spiro atoms. The number of amides is 1. The molecule has 0 aliphatic carbocycles. The van der Waals surface area contributed by atoms with Crippen LogP contribution in [0, 0.1) is 20.8 Å². The van der Waals surface area contributed by atoms with Crippen molar-refractivity contribution in [3.05, 3.63) is 65.0 Å². The Labute approximate surface area is 169 Å². The number of hydrogen-bond acceptors (Lipinski definition) is 4. The molecule has 0 saturated heterocycles. The molecular weight excluding hydrogens is 364 g/mol. The highest BCUT2D eigenvalue weighted by atomic mass is 16.3. The van der Waals surface area contributed by atoms with Crippen molar-refractivity contribution in [1.82, 2.24) is 14.8 Å². The Balaban J connectivity index is 1.85. The molecule has 0 fully saturated rings. The van der Waals surface area contributed by atoms with Gasteiger partial charge >= 0.3 is 0 Å². The summed E-state index contributed by atoms with van der Waals surface area (Å²) < 4.78 is 7.35. The number of carbonyl (C=O) groups excluding carboxylic acids is 1. The summed E-state index contributed by atoms with van der Waals surface area (Å²) in [6, 6.07) is 9.65. The molecule has 0 radical (unpaired) electrons. The second kappa shape index (κ2) is 7.20. The first kappa shape index (κ1) is 18.9. The van der Waals surface area contributed by atoms with Crippen molar-refractivity contribution in [3.8, 4) is 11.5 Å². The molecule has 0 atom stereocenters. The monoisotopic (exact) mass is 388 g/mol. The van der Waals surface area contributed by atoms with Crippen LogP contribution in [0.5, 0.6) is 0 Å². The maximum absolute atomic E-state index is 13.3. The summed E-state index contributed by atoms with van der Waals surface area (Å²) in [4.78, 5) is 18.0. The first-order chi connectivity index (χ1) is 13.8. The predicted molar refractivity (Wildman–Crippen MR) is 114 cm³/mol. The highest BCUT2D eigenvalue weighted by Crippen LogP contribution is 2.28. The second-order valence-corrected chi connectivity index (χ2v) is 7.68. The zero-order valence-electron chi connectivity index (χ0n) is 17.3. The van der Waals surface area contributed by atoms with Gasteiger partial charge in [-0.1, -0.05) is 17.7 Å². The Morgan fingerprint density at radius 1 is 1.14 bits per heavy atom. The van der Waals surface area contributed by atoms with Gasteiger partial charge in [0.25, 0.3) is 5.91 Å². The van der Waals surface area contributed by atoms with Gasteiger partial charge in [0.1, 0.15) is 5.69 Å². The molecule has 6 heteroatoms. The molecule has 1 aromatic carbocycles. The summed E-state index contributed by atoms with van der Waals surface area (Å²) in [5.41, 5.74) is 5.86. The number of anilines is 1. The van der Waals surface area contributed by atoms with Gasteiger partial charge in [0.15, 0.2) is 11.4 Å². The second-order valence-electron chi connectivity index (χ2n) is 7.68. The number of carbonyl (C=O) groups is 1. The highest BCUT2D eigenvalue weighted by molar-refractivity contribution is 6.13. The number of aryl methyl sites for hydroxylation is 3. The summed E-state index contributed by atoms with van der Waals surface area (Å²) >= 11 is 0. The number of furan rings is 1. The maximum atomic E-state index is 13.3. The van der Waals surface area contributed by atoms with Gasteiger partial charge in [-0.15, -0.1) is 0 Å². The van der Waals surface area contributed by atoms with Gasteiger partial charge in [0, 0.05) is 11.7 Å². The summed E-state index contributed by atoms with van der Waals surface area (Å²) in [5, 5.41) is 8.26. The predicted octanol–water partition coefficient (Wildman–Crippen LogP) is 5.45. The fourth-order valence-corrected chi connectivity index (χ4v) is 3.69. The van der Waals surface area contributed by atoms with Crippen LogP contribution in [0.4, 0.5) is 5.69 Å². The van der Waals surface area contributed by atoms with Crippen molar-refractivity contribution in [2.24, 2.45) is 0 Å². The Kier molecular flexibility index (Phi) is 4.70. The van der Waals surface area contributed by atoms with E-state index in [9.17, 15) is 4.79 Å². The van der Waals surface area contributed by atoms with Crippen LogP contribution < -0.4 is 5.32 Å². The molecule has 148 valence electrons. The third kappa shape index (κ3) is 3.42. The molecule has 1 N–H and O–H groups in total. The van der Waals surface area contributed by atoms with E-state index in [2.05, 4.69) is 22.5 Å². The van der Waals surface area contributed by atoms with Crippen LogP contribution in [-0.4, -0.2) is 20.7 Å². The van der Waals surface area contributed by atoms with Crippen molar-refractivity contribution in [1.29, 1.82) is 0 Å². The molecular formula is C23H24N4O2. The highest BCUT2D eigenvalue weighted by Gasteiger charge is 2.20. The third-order valence-electron chi connectivity index (χ3n) is 4.99. The minimum Gasteiger partial charge on any atom is -0.463 e. The van der Waals surface area contributed by atoms with Crippen LogP contribution in [0.2, 0.25) is 0 Å². The number of pyridine rings is 1. The SMILES string of the molecule is Cc1cc(C)c(NC(=O)c2cc(-c3ccco3)nc3c2cnn3C(C)C)c(C)c1. The van der Waals surface area contributed by atoms with Crippen LogP contribution in [0.1, 0.15) is 46.9 Å². The van der Waals surface area contributed by atoms with E-state index in [1.807, 2.05) is 45.4 Å². The van der Waals surface area contributed by atoms with Gasteiger partial charge in [-0.3, -0.25) is 4.79 Å². The van der Waals surface area contributed by atoms with E-state index in [1.54, 1.807) is 24.6 Å². The van der Waals surface area contributed by atoms with E-state index >= 15 is 0 Å². The average Bonchev–Trinajstić information content (AvgIpc) is 3.33. The van der Waals surface area contributed by atoms with Crippen molar-refractivity contribution in [3.63, 3.8) is 0 Å². The molecule has 0 aliphatic rings. The van der Waals surface area contributed by atoms with Crippen molar-refractivity contribution < 1.29 is 9.21 Å². The molecule has 0 bridgehead atoms. The standard InChI is InChI=1S/C23H24N4O2/c1-13(2)27-22-18(12-24-27)17(11-19(25-22)20-7-6-8-29-20)23(28)26-21-15(4)9-14(3)10-16(21)5/h6-13H,1-5H3,(H,26,28). The lowest BCUT2D eigenvalue weighted by molar-refractivity contribution is 0.102. The smallest absolute Gasteiger partial charge is 0.256 e. The number of nitrogens with zero attached hydrogens (tertiary/aromatic N) is 3. The van der Waals surface area contributed by atoms with Gasteiger partial charge in [0.2, 0.25) is 0 Å².